The van der Waals surface area contributed by atoms with Crippen molar-refractivity contribution in [1.29, 1.82) is 0 Å². The van der Waals surface area contributed by atoms with Gasteiger partial charge in [-0.15, -0.1) is 0 Å². The van der Waals surface area contributed by atoms with Crippen molar-refractivity contribution in [3.8, 4) is 23.1 Å². The first kappa shape index (κ1) is 18.8. The van der Waals surface area contributed by atoms with Crippen LogP contribution in [0.3, 0.4) is 0 Å². The minimum atomic E-state index is 0.0579. The molecular weight excluding hydrogens is 368 g/mol. The number of carbonyl (C=O) groups excluding carboxylic acids is 1. The summed E-state index contributed by atoms with van der Waals surface area (Å²) in [7, 11) is 0. The average Bonchev–Trinajstić information content (AvgIpc) is 3.17. The molecule has 6 nitrogen and oxygen atoms in total. The van der Waals surface area contributed by atoms with E-state index in [1.165, 1.54) is 10.5 Å². The van der Waals surface area contributed by atoms with Gasteiger partial charge >= 0.3 is 0 Å². The smallest absolute Gasteiger partial charge is 0.243 e. The number of fused-ring (bicyclic) bond motifs is 1. The zero-order valence-electron chi connectivity index (χ0n) is 16.6. The molecular formula is C23H22N2O4. The molecule has 3 aromatic rings. The van der Waals surface area contributed by atoms with Crippen LogP contribution >= 0.6 is 0 Å². The Balaban J connectivity index is 1.64. The van der Waals surface area contributed by atoms with Crippen LogP contribution in [0.4, 0.5) is 11.4 Å². The van der Waals surface area contributed by atoms with Crippen molar-refractivity contribution in [2.24, 2.45) is 0 Å². The molecule has 2 heterocycles. The molecule has 1 aromatic heterocycles. The molecule has 0 saturated carbocycles. The van der Waals surface area contributed by atoms with Crippen LogP contribution in [0.2, 0.25) is 0 Å². The predicted octanol–water partition coefficient (Wildman–Crippen LogP) is 5.19. The van der Waals surface area contributed by atoms with Gasteiger partial charge in [-0.05, 0) is 47.4 Å². The van der Waals surface area contributed by atoms with Crippen molar-refractivity contribution in [2.75, 3.05) is 11.7 Å². The third-order valence-corrected chi connectivity index (χ3v) is 4.69. The number of rotatable bonds is 5. The first-order valence-corrected chi connectivity index (χ1v) is 9.33. The second kappa shape index (κ2) is 7.47. The molecule has 0 saturated heterocycles. The summed E-state index contributed by atoms with van der Waals surface area (Å²) in [6.07, 6.45) is 2.36. The maximum absolute atomic E-state index is 11.9. The van der Waals surface area contributed by atoms with Crippen molar-refractivity contribution in [3.05, 3.63) is 66.4 Å². The van der Waals surface area contributed by atoms with E-state index >= 15 is 0 Å². The number of hydrogen-bond acceptors (Lipinski definition) is 5. The van der Waals surface area contributed by atoms with E-state index in [-0.39, 0.29) is 12.2 Å². The summed E-state index contributed by atoms with van der Waals surface area (Å²) in [5.41, 5.74) is 2.43. The molecule has 0 atom stereocenters. The number of carbonyl (C=O) groups is 1. The van der Waals surface area contributed by atoms with Crippen molar-refractivity contribution in [2.45, 2.75) is 26.2 Å². The molecule has 29 heavy (non-hydrogen) atoms. The lowest BCUT2D eigenvalue weighted by Gasteiger charge is -2.21. The van der Waals surface area contributed by atoms with Crippen LogP contribution in [-0.2, 0) is 10.2 Å². The van der Waals surface area contributed by atoms with Gasteiger partial charge < -0.3 is 14.2 Å². The fourth-order valence-corrected chi connectivity index (χ4v) is 3.07. The highest BCUT2D eigenvalue weighted by Gasteiger charge is 2.20. The molecule has 0 N–H and O–H groups in total. The number of pyridine rings is 1. The lowest BCUT2D eigenvalue weighted by atomic mass is 9.87. The summed E-state index contributed by atoms with van der Waals surface area (Å²) in [5.74, 6) is 2.23. The van der Waals surface area contributed by atoms with Gasteiger partial charge in [-0.3, -0.25) is 9.69 Å². The lowest BCUT2D eigenvalue weighted by Crippen LogP contribution is -2.15. The second-order valence-electron chi connectivity index (χ2n) is 7.72. The van der Waals surface area contributed by atoms with Gasteiger partial charge in [0.2, 0.25) is 19.1 Å². The van der Waals surface area contributed by atoms with Crippen molar-refractivity contribution in [3.63, 3.8) is 0 Å². The van der Waals surface area contributed by atoms with Crippen molar-refractivity contribution >= 4 is 17.8 Å². The highest BCUT2D eigenvalue weighted by atomic mass is 16.7. The summed E-state index contributed by atoms with van der Waals surface area (Å²) >= 11 is 0. The molecule has 4 rings (SSSR count). The molecule has 0 bridgehead atoms. The Morgan fingerprint density at radius 3 is 2.52 bits per heavy atom. The number of ether oxygens (including phenoxy) is 3. The van der Waals surface area contributed by atoms with E-state index in [4.69, 9.17) is 14.2 Å². The van der Waals surface area contributed by atoms with Gasteiger partial charge in [-0.25, -0.2) is 4.98 Å². The third-order valence-electron chi connectivity index (χ3n) is 4.69. The number of anilines is 2. The fraction of sp³-hybridized carbons (Fsp3) is 0.217. The van der Waals surface area contributed by atoms with Gasteiger partial charge in [-0.2, -0.15) is 0 Å². The number of amides is 1. The number of aromatic nitrogens is 1. The van der Waals surface area contributed by atoms with E-state index in [0.717, 1.165) is 6.41 Å². The maximum atomic E-state index is 11.9. The van der Waals surface area contributed by atoms with Crippen LogP contribution in [0.25, 0.3) is 0 Å². The van der Waals surface area contributed by atoms with E-state index in [1.54, 1.807) is 36.5 Å². The number of benzene rings is 2. The topological polar surface area (TPSA) is 60.9 Å². The van der Waals surface area contributed by atoms with Crippen LogP contribution in [0.5, 0.6) is 23.1 Å². The van der Waals surface area contributed by atoms with Gasteiger partial charge in [0.1, 0.15) is 11.4 Å². The highest BCUT2D eigenvalue weighted by Crippen LogP contribution is 2.39. The Kier molecular flexibility index (Phi) is 4.84. The standard InChI is InChI=1S/C23H22N2O4/c1-23(2,3)16-6-9-18(10-7-16)29-22-19(5-4-12-24-22)25(14-26)17-8-11-20-21(13-17)28-15-27-20/h4-14H,15H2,1-3H3. The van der Waals surface area contributed by atoms with Crippen LogP contribution in [0.1, 0.15) is 26.3 Å². The summed E-state index contributed by atoms with van der Waals surface area (Å²) in [4.78, 5) is 17.7. The molecule has 1 aliphatic heterocycles. The van der Waals surface area contributed by atoms with Crippen LogP contribution in [0, 0.1) is 0 Å². The van der Waals surface area contributed by atoms with E-state index in [0.29, 0.717) is 34.5 Å². The third kappa shape index (κ3) is 3.87. The summed E-state index contributed by atoms with van der Waals surface area (Å²) in [6, 6.07) is 16.7. The predicted molar refractivity (Wildman–Crippen MR) is 110 cm³/mol. The van der Waals surface area contributed by atoms with Gasteiger partial charge in [0.15, 0.2) is 11.5 Å². The largest absolute Gasteiger partial charge is 0.454 e. The molecule has 0 fully saturated rings. The van der Waals surface area contributed by atoms with E-state index in [9.17, 15) is 4.79 Å². The highest BCUT2D eigenvalue weighted by molar-refractivity contribution is 5.89. The summed E-state index contributed by atoms with van der Waals surface area (Å²) < 4.78 is 16.8. The van der Waals surface area contributed by atoms with Crippen LogP contribution in [-0.4, -0.2) is 18.2 Å². The van der Waals surface area contributed by atoms with Gasteiger partial charge in [-0.1, -0.05) is 32.9 Å². The first-order chi connectivity index (χ1) is 14.0. The fourth-order valence-electron chi connectivity index (χ4n) is 3.07. The van der Waals surface area contributed by atoms with Gasteiger partial charge in [0, 0.05) is 12.3 Å². The zero-order valence-corrected chi connectivity index (χ0v) is 16.6. The molecule has 148 valence electrons. The lowest BCUT2D eigenvalue weighted by molar-refractivity contribution is -0.106. The quantitative estimate of drug-likeness (QED) is 0.561. The number of hydrogen-bond donors (Lipinski definition) is 0. The molecule has 0 spiro atoms. The van der Waals surface area contributed by atoms with Crippen molar-refractivity contribution < 1.29 is 19.0 Å². The van der Waals surface area contributed by atoms with Crippen molar-refractivity contribution in [1.82, 2.24) is 4.98 Å². The minimum absolute atomic E-state index is 0.0579. The Bertz CT molecular complexity index is 1030. The molecule has 1 amide bonds. The molecule has 0 radical (unpaired) electrons. The van der Waals surface area contributed by atoms with E-state index in [1.807, 2.05) is 24.3 Å². The molecule has 0 unspecified atom stereocenters. The Labute approximate surface area is 169 Å². The number of nitrogens with zero attached hydrogens (tertiary/aromatic N) is 2. The Morgan fingerprint density at radius 2 is 1.79 bits per heavy atom. The molecule has 0 aliphatic carbocycles. The maximum Gasteiger partial charge on any atom is 0.243 e. The van der Waals surface area contributed by atoms with E-state index in [2.05, 4.69) is 25.8 Å². The average molecular weight is 390 g/mol. The second-order valence-corrected chi connectivity index (χ2v) is 7.72. The van der Waals surface area contributed by atoms with Gasteiger partial charge in [0.05, 0.1) is 5.69 Å². The SMILES string of the molecule is CC(C)(C)c1ccc(Oc2ncccc2N(C=O)c2ccc3c(c2)OCO3)cc1. The van der Waals surface area contributed by atoms with Gasteiger partial charge in [0.25, 0.3) is 0 Å². The first-order valence-electron chi connectivity index (χ1n) is 9.33. The molecule has 1 aliphatic rings. The zero-order chi connectivity index (χ0) is 20.4. The summed E-state index contributed by atoms with van der Waals surface area (Å²) in [6.45, 7) is 6.65. The monoisotopic (exact) mass is 390 g/mol. The Morgan fingerprint density at radius 1 is 1.03 bits per heavy atom. The Hall–Kier alpha value is -3.54. The van der Waals surface area contributed by atoms with E-state index < -0.39 is 0 Å². The van der Waals surface area contributed by atoms with Crippen LogP contribution < -0.4 is 19.1 Å². The molecule has 6 heteroatoms. The van der Waals surface area contributed by atoms with Crippen LogP contribution in [0.15, 0.2) is 60.8 Å². The summed E-state index contributed by atoms with van der Waals surface area (Å²) in [5, 5.41) is 0. The molecule has 2 aromatic carbocycles. The normalized spacial score (nSPS) is 12.5. The minimum Gasteiger partial charge on any atom is -0.454 e.